The van der Waals surface area contributed by atoms with Crippen LogP contribution >= 0.6 is 0 Å². The van der Waals surface area contributed by atoms with Crippen molar-refractivity contribution in [3.63, 3.8) is 0 Å². The summed E-state index contributed by atoms with van der Waals surface area (Å²) in [5.74, 6) is 0.0649. The predicted octanol–water partition coefficient (Wildman–Crippen LogP) is 3.55. The smallest absolute Gasteiger partial charge is 0.419 e. The minimum atomic E-state index is -4.47. The number of likely N-dealkylation sites (N-methyl/N-ethyl adjacent to an activating group) is 1. The highest BCUT2D eigenvalue weighted by Crippen LogP contribution is 2.28. The summed E-state index contributed by atoms with van der Waals surface area (Å²) < 4.78 is 42.7. The van der Waals surface area contributed by atoms with Crippen LogP contribution in [0.4, 0.5) is 23.9 Å². The molecule has 0 fully saturated rings. The zero-order valence-electron chi connectivity index (χ0n) is 14.4. The van der Waals surface area contributed by atoms with Crippen LogP contribution in [0.1, 0.15) is 40.2 Å². The number of ether oxygens (including phenoxy) is 1. The Morgan fingerprint density at radius 3 is 2.25 bits per heavy atom. The second-order valence-electron chi connectivity index (χ2n) is 6.29. The second-order valence-corrected chi connectivity index (χ2v) is 6.29. The van der Waals surface area contributed by atoms with Crippen molar-refractivity contribution in [2.75, 3.05) is 18.4 Å². The number of alkyl halides is 3. The molecule has 1 amide bonds. The molecule has 1 atom stereocenters. The second kappa shape index (κ2) is 7.67. The molecule has 9 heteroatoms. The van der Waals surface area contributed by atoms with Gasteiger partial charge in [0.25, 0.3) is 0 Å². The number of rotatable bonds is 5. The van der Waals surface area contributed by atoms with Gasteiger partial charge in [0.1, 0.15) is 5.60 Å². The van der Waals surface area contributed by atoms with Crippen molar-refractivity contribution in [1.82, 2.24) is 14.9 Å². The van der Waals surface area contributed by atoms with Crippen molar-refractivity contribution < 1.29 is 22.7 Å². The lowest BCUT2D eigenvalue weighted by Crippen LogP contribution is -2.44. The van der Waals surface area contributed by atoms with Crippen molar-refractivity contribution in [1.29, 1.82) is 0 Å². The topological polar surface area (TPSA) is 67.3 Å². The molecule has 136 valence electrons. The van der Waals surface area contributed by atoms with Crippen molar-refractivity contribution in [2.24, 2.45) is 0 Å². The molecule has 0 saturated heterocycles. The van der Waals surface area contributed by atoms with Crippen molar-refractivity contribution >= 4 is 12.0 Å². The van der Waals surface area contributed by atoms with E-state index in [9.17, 15) is 18.0 Å². The molecule has 0 aliphatic heterocycles. The Hall–Kier alpha value is -2.06. The third kappa shape index (κ3) is 6.21. The normalized spacial score (nSPS) is 13.3. The van der Waals surface area contributed by atoms with E-state index in [4.69, 9.17) is 4.74 Å². The Bertz CT molecular complexity index is 541. The van der Waals surface area contributed by atoms with Gasteiger partial charge in [-0.1, -0.05) is 0 Å². The molecule has 1 unspecified atom stereocenters. The third-order valence-corrected chi connectivity index (χ3v) is 3.04. The lowest BCUT2D eigenvalue weighted by atomic mass is 10.2. The zero-order valence-corrected chi connectivity index (χ0v) is 14.4. The number of carbonyl (C=O) groups is 1. The highest BCUT2D eigenvalue weighted by Gasteiger charge is 2.31. The molecule has 0 aliphatic rings. The molecule has 24 heavy (non-hydrogen) atoms. The summed E-state index contributed by atoms with van der Waals surface area (Å²) in [6.07, 6.45) is -3.49. The van der Waals surface area contributed by atoms with E-state index < -0.39 is 23.4 Å². The van der Waals surface area contributed by atoms with Crippen LogP contribution in [-0.4, -0.2) is 45.7 Å². The Morgan fingerprint density at radius 2 is 1.83 bits per heavy atom. The monoisotopic (exact) mass is 348 g/mol. The fourth-order valence-corrected chi connectivity index (χ4v) is 1.86. The van der Waals surface area contributed by atoms with Crippen molar-refractivity contribution in [3.8, 4) is 0 Å². The van der Waals surface area contributed by atoms with Crippen molar-refractivity contribution in [2.45, 2.75) is 52.4 Å². The Morgan fingerprint density at radius 1 is 1.29 bits per heavy atom. The Labute approximate surface area is 139 Å². The van der Waals surface area contributed by atoms with E-state index in [0.29, 0.717) is 18.9 Å². The summed E-state index contributed by atoms with van der Waals surface area (Å²) in [7, 11) is 0. The van der Waals surface area contributed by atoms with E-state index in [1.807, 2.05) is 6.92 Å². The summed E-state index contributed by atoms with van der Waals surface area (Å²) in [5, 5.41) is 2.82. The van der Waals surface area contributed by atoms with Gasteiger partial charge in [-0.15, -0.1) is 0 Å². The number of carbonyl (C=O) groups excluding carboxylic acids is 1. The summed E-state index contributed by atoms with van der Waals surface area (Å²) >= 11 is 0. The molecule has 0 radical (unpaired) electrons. The molecule has 0 saturated carbocycles. The van der Waals surface area contributed by atoms with E-state index in [-0.39, 0.29) is 18.5 Å². The van der Waals surface area contributed by atoms with Gasteiger partial charge in [0.05, 0.1) is 5.56 Å². The molecule has 0 bridgehead atoms. The van der Waals surface area contributed by atoms with Crippen molar-refractivity contribution in [3.05, 3.63) is 18.0 Å². The number of nitrogens with zero attached hydrogens (tertiary/aromatic N) is 3. The summed E-state index contributed by atoms with van der Waals surface area (Å²) in [6, 6.07) is -0.254. The van der Waals surface area contributed by atoms with E-state index in [0.717, 1.165) is 0 Å². The maximum Gasteiger partial charge on any atom is 0.419 e. The highest BCUT2D eigenvalue weighted by atomic mass is 19.4. The quantitative estimate of drug-likeness (QED) is 0.881. The number of halogens is 3. The van der Waals surface area contributed by atoms with Crippen LogP contribution in [0.5, 0.6) is 0 Å². The predicted molar refractivity (Wildman–Crippen MR) is 83.6 cm³/mol. The van der Waals surface area contributed by atoms with Gasteiger partial charge in [-0.05, 0) is 34.6 Å². The van der Waals surface area contributed by atoms with Gasteiger partial charge < -0.3 is 15.0 Å². The first-order chi connectivity index (χ1) is 10.9. The fourth-order valence-electron chi connectivity index (χ4n) is 1.86. The van der Waals surface area contributed by atoms with Gasteiger partial charge in [0.15, 0.2) is 0 Å². The molecule has 1 aromatic heterocycles. The fraction of sp³-hybridized carbons (Fsp3) is 0.667. The average molecular weight is 348 g/mol. The van der Waals surface area contributed by atoms with E-state index in [2.05, 4.69) is 15.3 Å². The van der Waals surface area contributed by atoms with Crippen LogP contribution in [0.15, 0.2) is 12.4 Å². The first-order valence-electron chi connectivity index (χ1n) is 7.56. The Balaban J connectivity index is 2.63. The number of hydrogen-bond acceptors (Lipinski definition) is 5. The van der Waals surface area contributed by atoms with Gasteiger partial charge in [0, 0.05) is 31.5 Å². The number of nitrogens with one attached hydrogen (secondary N) is 1. The molecular formula is C15H23F3N4O2. The maximum atomic E-state index is 12.5. The van der Waals surface area contributed by atoms with Crippen LogP contribution in [0, 0.1) is 0 Å². The Kier molecular flexibility index (Phi) is 6.39. The highest BCUT2D eigenvalue weighted by molar-refractivity contribution is 5.68. The molecule has 1 N–H and O–H groups in total. The number of hydrogen-bond donors (Lipinski definition) is 1. The summed E-state index contributed by atoms with van der Waals surface area (Å²) in [6.45, 7) is 9.65. The van der Waals surface area contributed by atoms with E-state index in [1.54, 1.807) is 27.7 Å². The molecule has 6 nitrogen and oxygen atoms in total. The van der Waals surface area contributed by atoms with Gasteiger partial charge in [-0.3, -0.25) is 0 Å². The minimum Gasteiger partial charge on any atom is -0.444 e. The van der Waals surface area contributed by atoms with Crippen LogP contribution < -0.4 is 5.32 Å². The van der Waals surface area contributed by atoms with Gasteiger partial charge in [-0.25, -0.2) is 14.8 Å². The van der Waals surface area contributed by atoms with E-state index >= 15 is 0 Å². The SMILES string of the molecule is CCN(C(=O)OC(C)(C)C)C(C)CNc1ncc(C(F)(F)F)cn1. The standard InChI is InChI=1S/C15H23F3N4O2/c1-6-22(13(23)24-14(3,4)5)10(2)7-19-12-20-8-11(9-21-12)15(16,17)18/h8-10H,6-7H2,1-5H3,(H,19,20,21). The van der Waals surface area contributed by atoms with Gasteiger partial charge in [0.2, 0.25) is 5.95 Å². The van der Waals surface area contributed by atoms with E-state index in [1.165, 1.54) is 4.90 Å². The lowest BCUT2D eigenvalue weighted by Gasteiger charge is -2.31. The van der Waals surface area contributed by atoms with Crippen LogP contribution in [0.2, 0.25) is 0 Å². The number of anilines is 1. The zero-order chi connectivity index (χ0) is 18.5. The third-order valence-electron chi connectivity index (χ3n) is 3.04. The number of aromatic nitrogens is 2. The first kappa shape index (κ1) is 20.0. The van der Waals surface area contributed by atoms with Crippen LogP contribution in [0.25, 0.3) is 0 Å². The molecule has 1 heterocycles. The van der Waals surface area contributed by atoms with Gasteiger partial charge in [-0.2, -0.15) is 13.2 Å². The minimum absolute atomic E-state index is 0.0649. The van der Waals surface area contributed by atoms with Gasteiger partial charge >= 0.3 is 12.3 Å². The summed E-state index contributed by atoms with van der Waals surface area (Å²) in [4.78, 5) is 20.9. The molecule has 0 spiro atoms. The lowest BCUT2D eigenvalue weighted by molar-refractivity contribution is -0.138. The van der Waals surface area contributed by atoms with Crippen LogP contribution in [0.3, 0.4) is 0 Å². The molecular weight excluding hydrogens is 325 g/mol. The molecule has 1 rings (SSSR count). The summed E-state index contributed by atoms with van der Waals surface area (Å²) in [5.41, 5.74) is -1.51. The first-order valence-corrected chi connectivity index (χ1v) is 7.56. The largest absolute Gasteiger partial charge is 0.444 e. The maximum absolute atomic E-state index is 12.5. The molecule has 0 aromatic carbocycles. The molecule has 0 aliphatic carbocycles. The average Bonchev–Trinajstić information content (AvgIpc) is 2.43. The van der Waals surface area contributed by atoms with Crippen LogP contribution in [-0.2, 0) is 10.9 Å². The molecule has 1 aromatic rings. The number of amides is 1.